The first-order valence-electron chi connectivity index (χ1n) is 8.78. The second-order valence-corrected chi connectivity index (χ2v) is 7.29. The lowest BCUT2D eigenvalue weighted by atomic mass is 10.1. The Balaban J connectivity index is 1.58. The molecule has 4 rings (SSSR count). The lowest BCUT2D eigenvalue weighted by Gasteiger charge is -2.09. The summed E-state index contributed by atoms with van der Waals surface area (Å²) in [6.07, 6.45) is 5.68. The van der Waals surface area contributed by atoms with Crippen molar-refractivity contribution in [3.8, 4) is 5.69 Å². The zero-order valence-corrected chi connectivity index (χ0v) is 16.3. The normalized spacial score (nSPS) is 11.4. The molecule has 0 saturated heterocycles. The van der Waals surface area contributed by atoms with Crippen LogP contribution in [0.5, 0.6) is 0 Å². The minimum absolute atomic E-state index is 0.322. The van der Waals surface area contributed by atoms with Crippen LogP contribution in [0.2, 0.25) is 0 Å². The molecular formula is C19H21N7S. The Morgan fingerprint density at radius 2 is 1.96 bits per heavy atom. The van der Waals surface area contributed by atoms with Gasteiger partial charge in [0, 0.05) is 18.9 Å². The zero-order valence-electron chi connectivity index (χ0n) is 15.5. The first kappa shape index (κ1) is 17.5. The molecular weight excluding hydrogens is 358 g/mol. The van der Waals surface area contributed by atoms with Gasteiger partial charge in [-0.25, -0.2) is 14.6 Å². The van der Waals surface area contributed by atoms with Crippen molar-refractivity contribution < 1.29 is 0 Å². The number of nitrogens with one attached hydrogen (secondary N) is 2. The van der Waals surface area contributed by atoms with Crippen LogP contribution in [0.1, 0.15) is 31.0 Å². The molecule has 3 heterocycles. The topological polar surface area (TPSA) is 84.3 Å². The van der Waals surface area contributed by atoms with Crippen LogP contribution in [-0.2, 0) is 6.54 Å². The smallest absolute Gasteiger partial charge is 0.190 e. The molecule has 4 aromatic rings. The summed E-state index contributed by atoms with van der Waals surface area (Å²) in [6.45, 7) is 4.91. The van der Waals surface area contributed by atoms with Gasteiger partial charge in [-0.3, -0.25) is 5.10 Å². The molecule has 138 valence electrons. The molecule has 0 aliphatic rings. The molecule has 0 aliphatic heterocycles. The van der Waals surface area contributed by atoms with Gasteiger partial charge < -0.3 is 5.32 Å². The van der Waals surface area contributed by atoms with Gasteiger partial charge in [-0.1, -0.05) is 37.7 Å². The Morgan fingerprint density at radius 3 is 2.63 bits per heavy atom. The van der Waals surface area contributed by atoms with Crippen molar-refractivity contribution in [1.29, 1.82) is 0 Å². The van der Waals surface area contributed by atoms with E-state index in [1.807, 2.05) is 23.2 Å². The summed E-state index contributed by atoms with van der Waals surface area (Å²) in [5.41, 5.74) is 4.90. The molecule has 0 spiro atoms. The molecule has 0 radical (unpaired) electrons. The highest BCUT2D eigenvalue weighted by Gasteiger charge is 2.16. The average molecular weight is 379 g/mol. The van der Waals surface area contributed by atoms with E-state index in [9.17, 15) is 0 Å². The summed E-state index contributed by atoms with van der Waals surface area (Å²) in [5, 5.41) is 16.0. The molecule has 3 aromatic heterocycles. The third-order valence-corrected chi connectivity index (χ3v) is 4.88. The second kappa shape index (κ2) is 7.40. The molecule has 27 heavy (non-hydrogen) atoms. The van der Waals surface area contributed by atoms with Gasteiger partial charge in [-0.2, -0.15) is 10.2 Å². The van der Waals surface area contributed by atoms with E-state index >= 15 is 0 Å². The highest BCUT2D eigenvalue weighted by Crippen LogP contribution is 2.27. The summed E-state index contributed by atoms with van der Waals surface area (Å²) >= 11 is 1.53. The molecule has 0 saturated carbocycles. The SMILES string of the molecule is CSc1nc(NCc2ccc(-n3cccn3)cc2)c2n[nH]c(C(C)C)c2n1. The first-order valence-corrected chi connectivity index (χ1v) is 10.0. The fraction of sp³-hybridized carbons (Fsp3) is 0.263. The number of rotatable bonds is 6. The summed E-state index contributed by atoms with van der Waals surface area (Å²) < 4.78 is 1.84. The maximum absolute atomic E-state index is 4.64. The number of aromatic nitrogens is 6. The Morgan fingerprint density at radius 1 is 1.15 bits per heavy atom. The molecule has 0 amide bonds. The Kier molecular flexibility index (Phi) is 4.81. The molecule has 0 aliphatic carbocycles. The number of H-pyrrole nitrogens is 1. The molecule has 0 fully saturated rings. The van der Waals surface area contributed by atoms with Crippen LogP contribution in [0.3, 0.4) is 0 Å². The van der Waals surface area contributed by atoms with Crippen LogP contribution < -0.4 is 5.32 Å². The number of hydrogen-bond acceptors (Lipinski definition) is 6. The number of aromatic amines is 1. The molecule has 0 bridgehead atoms. The fourth-order valence-electron chi connectivity index (χ4n) is 2.89. The summed E-state index contributed by atoms with van der Waals surface area (Å²) in [5.74, 6) is 1.07. The predicted octanol–water partition coefficient (Wildman–Crippen LogP) is 4.00. The van der Waals surface area contributed by atoms with Gasteiger partial charge in [-0.15, -0.1) is 0 Å². The standard InChI is InChI=1S/C19H21N7S/c1-12(2)15-16-17(25-24-15)18(23-19(22-16)27-3)20-11-13-5-7-14(8-6-13)26-10-4-9-21-26/h4-10,12H,11H2,1-3H3,(H,24,25)(H,20,22,23). The monoisotopic (exact) mass is 379 g/mol. The Bertz CT molecular complexity index is 1040. The van der Waals surface area contributed by atoms with Crippen molar-refractivity contribution in [3.05, 3.63) is 54.0 Å². The summed E-state index contributed by atoms with van der Waals surface area (Å²) in [4.78, 5) is 9.25. The van der Waals surface area contributed by atoms with Crippen molar-refractivity contribution in [1.82, 2.24) is 29.9 Å². The number of hydrogen-bond donors (Lipinski definition) is 2. The van der Waals surface area contributed by atoms with Gasteiger partial charge in [0.1, 0.15) is 5.52 Å². The third-order valence-electron chi connectivity index (χ3n) is 4.33. The van der Waals surface area contributed by atoms with Crippen LogP contribution in [0.4, 0.5) is 5.82 Å². The number of nitrogens with zero attached hydrogens (tertiary/aromatic N) is 5. The van der Waals surface area contributed by atoms with E-state index in [-0.39, 0.29) is 0 Å². The van der Waals surface area contributed by atoms with Crippen LogP contribution in [0.15, 0.2) is 47.9 Å². The summed E-state index contributed by atoms with van der Waals surface area (Å²) in [6, 6.07) is 10.2. The van der Waals surface area contributed by atoms with Crippen LogP contribution in [-0.4, -0.2) is 36.2 Å². The molecule has 0 unspecified atom stereocenters. The number of anilines is 1. The van der Waals surface area contributed by atoms with E-state index in [4.69, 9.17) is 0 Å². The summed E-state index contributed by atoms with van der Waals surface area (Å²) in [7, 11) is 0. The molecule has 2 N–H and O–H groups in total. The Labute approximate surface area is 161 Å². The molecule has 1 aromatic carbocycles. The highest BCUT2D eigenvalue weighted by atomic mass is 32.2. The second-order valence-electron chi connectivity index (χ2n) is 6.52. The molecule has 7 nitrogen and oxygen atoms in total. The van der Waals surface area contributed by atoms with Crippen molar-refractivity contribution in [2.45, 2.75) is 31.5 Å². The van der Waals surface area contributed by atoms with Gasteiger partial charge in [0.25, 0.3) is 0 Å². The maximum atomic E-state index is 4.64. The average Bonchev–Trinajstić information content (AvgIpc) is 3.36. The third kappa shape index (κ3) is 3.52. The minimum atomic E-state index is 0.322. The number of fused-ring (bicyclic) bond motifs is 1. The van der Waals surface area contributed by atoms with Gasteiger partial charge in [0.2, 0.25) is 0 Å². The van der Waals surface area contributed by atoms with Crippen molar-refractivity contribution in [3.63, 3.8) is 0 Å². The van der Waals surface area contributed by atoms with Gasteiger partial charge in [0.15, 0.2) is 16.5 Å². The number of thioether (sulfide) groups is 1. The highest BCUT2D eigenvalue weighted by molar-refractivity contribution is 7.98. The predicted molar refractivity (Wildman–Crippen MR) is 108 cm³/mol. The molecule has 0 atom stereocenters. The minimum Gasteiger partial charge on any atom is -0.364 e. The van der Waals surface area contributed by atoms with Crippen molar-refractivity contribution >= 4 is 28.6 Å². The quantitative estimate of drug-likeness (QED) is 0.389. The van der Waals surface area contributed by atoms with E-state index in [0.717, 1.165) is 39.0 Å². The first-order chi connectivity index (χ1) is 13.2. The van der Waals surface area contributed by atoms with Gasteiger partial charge in [0.05, 0.1) is 11.4 Å². The van der Waals surface area contributed by atoms with Crippen molar-refractivity contribution in [2.24, 2.45) is 0 Å². The lowest BCUT2D eigenvalue weighted by Crippen LogP contribution is -2.04. The maximum Gasteiger partial charge on any atom is 0.190 e. The van der Waals surface area contributed by atoms with E-state index in [0.29, 0.717) is 12.5 Å². The fourth-order valence-corrected chi connectivity index (χ4v) is 3.25. The molecule has 8 heteroatoms. The van der Waals surface area contributed by atoms with Crippen LogP contribution >= 0.6 is 11.8 Å². The van der Waals surface area contributed by atoms with E-state index in [1.165, 1.54) is 11.8 Å². The van der Waals surface area contributed by atoms with E-state index in [2.05, 4.69) is 68.7 Å². The van der Waals surface area contributed by atoms with Crippen LogP contribution in [0.25, 0.3) is 16.7 Å². The Hall–Kier alpha value is -2.87. The number of benzene rings is 1. The lowest BCUT2D eigenvalue weighted by molar-refractivity contribution is 0.814. The van der Waals surface area contributed by atoms with E-state index < -0.39 is 0 Å². The van der Waals surface area contributed by atoms with Crippen molar-refractivity contribution in [2.75, 3.05) is 11.6 Å². The largest absolute Gasteiger partial charge is 0.364 e. The van der Waals surface area contributed by atoms with Crippen LogP contribution in [0, 0.1) is 0 Å². The van der Waals surface area contributed by atoms with Gasteiger partial charge in [-0.05, 0) is 35.9 Å². The van der Waals surface area contributed by atoms with E-state index in [1.54, 1.807) is 6.20 Å². The zero-order chi connectivity index (χ0) is 18.8. The van der Waals surface area contributed by atoms with Gasteiger partial charge >= 0.3 is 0 Å².